The zero-order valence-corrected chi connectivity index (χ0v) is 18.3. The highest BCUT2D eigenvalue weighted by atomic mass is 79.9. The summed E-state index contributed by atoms with van der Waals surface area (Å²) in [7, 11) is 0. The van der Waals surface area contributed by atoms with Crippen LogP contribution in [0.25, 0.3) is 11.3 Å². The molecule has 0 spiro atoms. The maximum absolute atomic E-state index is 5.95. The molecule has 0 aliphatic heterocycles. The van der Waals surface area contributed by atoms with E-state index in [1.54, 1.807) is 11.3 Å². The second kappa shape index (κ2) is 8.42. The first-order valence-corrected chi connectivity index (χ1v) is 10.8. The number of hydrogen-bond acceptors (Lipinski definition) is 4. The molecule has 0 fully saturated rings. The average Bonchev–Trinajstić information content (AvgIpc) is 3.31. The lowest BCUT2D eigenvalue weighted by molar-refractivity contribution is 0.531. The van der Waals surface area contributed by atoms with E-state index in [0.717, 1.165) is 37.6 Å². The highest BCUT2D eigenvalue weighted by Gasteiger charge is 2.07. The molecule has 3 nitrogen and oxygen atoms in total. The molecule has 1 N–H and O–H groups in total. The molecule has 2 heterocycles. The summed E-state index contributed by atoms with van der Waals surface area (Å²) in [6.45, 7) is 0.610. The van der Waals surface area contributed by atoms with Crippen molar-refractivity contribution < 1.29 is 4.42 Å². The monoisotopic (exact) mass is 502 g/mol. The Bertz CT molecular complexity index is 1040. The third-order valence-corrected chi connectivity index (χ3v) is 6.01. The Morgan fingerprint density at radius 2 is 1.81 bits per heavy atom. The zero-order chi connectivity index (χ0) is 18.6. The Kier molecular flexibility index (Phi) is 5.76. The van der Waals surface area contributed by atoms with E-state index in [1.165, 1.54) is 10.4 Å². The third kappa shape index (κ3) is 4.89. The first-order valence-electron chi connectivity index (χ1n) is 8.43. The molecule has 0 bridgehead atoms. The number of benzene rings is 2. The van der Waals surface area contributed by atoms with E-state index >= 15 is 0 Å². The molecule has 2 aromatic carbocycles. The lowest BCUT2D eigenvalue weighted by Gasteiger charge is -2.01. The molecule has 0 aliphatic carbocycles. The van der Waals surface area contributed by atoms with Crippen LogP contribution in [0.5, 0.6) is 0 Å². The van der Waals surface area contributed by atoms with Crippen LogP contribution in [0, 0.1) is 0 Å². The van der Waals surface area contributed by atoms with E-state index in [1.807, 2.05) is 42.6 Å². The minimum atomic E-state index is 0.610. The molecule has 0 radical (unpaired) electrons. The number of nitrogens with zero attached hydrogens (tertiary/aromatic N) is 1. The maximum atomic E-state index is 5.95. The largest absolute Gasteiger partial charge is 0.459 e. The summed E-state index contributed by atoms with van der Waals surface area (Å²) in [5.41, 5.74) is 2.33. The van der Waals surface area contributed by atoms with Crippen LogP contribution < -0.4 is 5.32 Å². The van der Waals surface area contributed by atoms with Gasteiger partial charge < -0.3 is 9.73 Å². The van der Waals surface area contributed by atoms with Gasteiger partial charge in [-0.1, -0.05) is 56.1 Å². The number of anilines is 1. The minimum absolute atomic E-state index is 0.610. The van der Waals surface area contributed by atoms with Crippen LogP contribution in [0.4, 0.5) is 5.13 Å². The second-order valence-corrected chi connectivity index (χ2v) is 9.01. The predicted octanol–water partition coefficient (Wildman–Crippen LogP) is 7.13. The van der Waals surface area contributed by atoms with Gasteiger partial charge in [0.15, 0.2) is 5.13 Å². The summed E-state index contributed by atoms with van der Waals surface area (Å²) < 4.78 is 8.08. The molecule has 4 rings (SSSR count). The summed E-state index contributed by atoms with van der Waals surface area (Å²) in [5.74, 6) is 1.75. The molecule has 0 saturated carbocycles. The fourth-order valence-electron chi connectivity index (χ4n) is 2.71. The molecule has 0 aliphatic rings. The number of rotatable bonds is 6. The molecular formula is C21H16Br2N2OS. The highest BCUT2D eigenvalue weighted by Crippen LogP contribution is 2.26. The van der Waals surface area contributed by atoms with Crippen molar-refractivity contribution in [3.05, 3.63) is 92.0 Å². The molecule has 0 saturated heterocycles. The fourth-order valence-corrected chi connectivity index (χ4v) is 4.21. The number of halogens is 2. The third-order valence-electron chi connectivity index (χ3n) is 4.03. The number of nitrogens with one attached hydrogen (secondary N) is 1. The summed E-state index contributed by atoms with van der Waals surface area (Å²) in [6, 6.07) is 20.5. The van der Waals surface area contributed by atoms with Gasteiger partial charge in [-0.3, -0.25) is 0 Å². The first kappa shape index (κ1) is 18.5. The van der Waals surface area contributed by atoms with Crippen molar-refractivity contribution >= 4 is 48.3 Å². The summed E-state index contributed by atoms with van der Waals surface area (Å²) in [4.78, 5) is 5.70. The SMILES string of the molecule is Brc1ccc(Cc2cnc(NCc3ccc(-c4cccc(Br)c4)o3)s2)cc1. The predicted molar refractivity (Wildman–Crippen MR) is 118 cm³/mol. The van der Waals surface area contributed by atoms with Gasteiger partial charge in [0.2, 0.25) is 0 Å². The molecular weight excluding hydrogens is 488 g/mol. The van der Waals surface area contributed by atoms with E-state index in [4.69, 9.17) is 4.42 Å². The van der Waals surface area contributed by atoms with E-state index < -0.39 is 0 Å². The van der Waals surface area contributed by atoms with Crippen LogP contribution in [0.15, 0.2) is 80.2 Å². The average molecular weight is 504 g/mol. The second-order valence-electron chi connectivity index (χ2n) is 6.06. The number of hydrogen-bond donors (Lipinski definition) is 1. The van der Waals surface area contributed by atoms with E-state index in [2.05, 4.69) is 66.4 Å². The lowest BCUT2D eigenvalue weighted by Crippen LogP contribution is -1.96. The maximum Gasteiger partial charge on any atom is 0.183 e. The molecule has 0 unspecified atom stereocenters. The van der Waals surface area contributed by atoms with Crippen molar-refractivity contribution in [2.75, 3.05) is 5.32 Å². The molecule has 4 aromatic rings. The van der Waals surface area contributed by atoms with E-state index in [-0.39, 0.29) is 0 Å². The van der Waals surface area contributed by atoms with Crippen LogP contribution >= 0.6 is 43.2 Å². The van der Waals surface area contributed by atoms with Gasteiger partial charge in [-0.2, -0.15) is 0 Å². The Balaban J connectivity index is 1.37. The Hall–Kier alpha value is -1.89. The van der Waals surface area contributed by atoms with Crippen LogP contribution in [-0.4, -0.2) is 4.98 Å². The zero-order valence-electron chi connectivity index (χ0n) is 14.3. The molecule has 2 aromatic heterocycles. The smallest absolute Gasteiger partial charge is 0.183 e. The van der Waals surface area contributed by atoms with Gasteiger partial charge in [-0.05, 0) is 42.0 Å². The Labute approximate surface area is 178 Å². The molecule has 0 atom stereocenters. The van der Waals surface area contributed by atoms with Gasteiger partial charge in [-0.15, -0.1) is 11.3 Å². The standard InChI is InChI=1S/C21H16Br2N2OS/c22-16-6-4-14(5-7-16)10-19-13-25-21(27-19)24-12-18-8-9-20(26-18)15-2-1-3-17(23)11-15/h1-9,11,13H,10,12H2,(H,24,25). The molecule has 136 valence electrons. The quantitative estimate of drug-likeness (QED) is 0.304. The Morgan fingerprint density at radius 3 is 2.63 bits per heavy atom. The molecule has 6 heteroatoms. The number of aromatic nitrogens is 1. The van der Waals surface area contributed by atoms with E-state index in [0.29, 0.717) is 6.54 Å². The van der Waals surface area contributed by atoms with Gasteiger partial charge in [0, 0.05) is 32.0 Å². The summed E-state index contributed by atoms with van der Waals surface area (Å²) in [5, 5.41) is 4.25. The van der Waals surface area contributed by atoms with Crippen molar-refractivity contribution in [3.63, 3.8) is 0 Å². The van der Waals surface area contributed by atoms with Gasteiger partial charge >= 0.3 is 0 Å². The van der Waals surface area contributed by atoms with Gasteiger partial charge in [0.25, 0.3) is 0 Å². The summed E-state index contributed by atoms with van der Waals surface area (Å²) in [6.07, 6.45) is 2.82. The van der Waals surface area contributed by atoms with Crippen molar-refractivity contribution in [2.45, 2.75) is 13.0 Å². The van der Waals surface area contributed by atoms with Crippen LogP contribution in [-0.2, 0) is 13.0 Å². The van der Waals surface area contributed by atoms with E-state index in [9.17, 15) is 0 Å². The first-order chi connectivity index (χ1) is 13.2. The van der Waals surface area contributed by atoms with Crippen molar-refractivity contribution in [3.8, 4) is 11.3 Å². The number of furan rings is 1. The van der Waals surface area contributed by atoms with Crippen molar-refractivity contribution in [1.29, 1.82) is 0 Å². The fraction of sp³-hybridized carbons (Fsp3) is 0.0952. The van der Waals surface area contributed by atoms with Crippen LogP contribution in [0.2, 0.25) is 0 Å². The molecule has 27 heavy (non-hydrogen) atoms. The molecule has 0 amide bonds. The minimum Gasteiger partial charge on any atom is -0.459 e. The summed E-state index contributed by atoms with van der Waals surface area (Å²) >= 11 is 8.64. The lowest BCUT2D eigenvalue weighted by atomic mass is 10.1. The van der Waals surface area contributed by atoms with Gasteiger partial charge in [0.1, 0.15) is 11.5 Å². The normalized spacial score (nSPS) is 10.9. The highest BCUT2D eigenvalue weighted by molar-refractivity contribution is 9.10. The van der Waals surface area contributed by atoms with Crippen LogP contribution in [0.1, 0.15) is 16.2 Å². The van der Waals surface area contributed by atoms with Gasteiger partial charge in [0.05, 0.1) is 6.54 Å². The van der Waals surface area contributed by atoms with Crippen LogP contribution in [0.3, 0.4) is 0 Å². The van der Waals surface area contributed by atoms with Crippen molar-refractivity contribution in [1.82, 2.24) is 4.98 Å². The van der Waals surface area contributed by atoms with Crippen molar-refractivity contribution in [2.24, 2.45) is 0 Å². The Morgan fingerprint density at radius 1 is 0.963 bits per heavy atom. The topological polar surface area (TPSA) is 38.1 Å². The number of thiazole rings is 1. The van der Waals surface area contributed by atoms with Gasteiger partial charge in [-0.25, -0.2) is 4.98 Å².